The number of rotatable bonds is 13. The van der Waals surface area contributed by atoms with Crippen molar-refractivity contribution in [3.8, 4) is 0 Å². The summed E-state index contributed by atoms with van der Waals surface area (Å²) in [6, 6.07) is 22.0. The highest BCUT2D eigenvalue weighted by Crippen LogP contribution is 2.19. The summed E-state index contributed by atoms with van der Waals surface area (Å²) >= 11 is 0. The number of amides is 1. The fourth-order valence-electron chi connectivity index (χ4n) is 4.04. The summed E-state index contributed by atoms with van der Waals surface area (Å²) < 4.78 is 0. The topological polar surface area (TPSA) is 122 Å². The molecule has 0 saturated heterocycles. The molecule has 1 amide bonds. The van der Waals surface area contributed by atoms with E-state index in [1.165, 1.54) is 4.90 Å². The first kappa shape index (κ1) is 25.2. The first-order valence-electron chi connectivity index (χ1n) is 11.7. The number of anilines is 1. The van der Waals surface area contributed by atoms with Gasteiger partial charge in [-0.3, -0.25) is 4.79 Å². The lowest BCUT2D eigenvalue weighted by Gasteiger charge is -2.31. The molecule has 0 bridgehead atoms. The van der Waals surface area contributed by atoms with Crippen molar-refractivity contribution in [1.29, 1.82) is 0 Å². The number of carbonyl (C=O) groups excluding carboxylic acids is 1. The van der Waals surface area contributed by atoms with E-state index in [-0.39, 0.29) is 12.5 Å². The lowest BCUT2D eigenvalue weighted by atomic mass is 10.1. The molecule has 0 aliphatic carbocycles. The van der Waals surface area contributed by atoms with E-state index in [1.807, 2.05) is 72.8 Å². The molecule has 0 aliphatic rings. The molecule has 6 N–H and O–H groups in total. The summed E-state index contributed by atoms with van der Waals surface area (Å²) in [4.78, 5) is 26.9. The second-order valence-corrected chi connectivity index (χ2v) is 8.46. The molecule has 34 heavy (non-hydrogen) atoms. The number of hydrogen-bond acceptors (Lipinski definition) is 5. The van der Waals surface area contributed by atoms with Crippen LogP contribution in [0.4, 0.5) is 5.69 Å². The molecular weight excluding hydrogens is 428 g/mol. The number of hydrogen-bond donors (Lipinski definition) is 4. The number of nitrogens with zero attached hydrogens (tertiary/aromatic N) is 1. The van der Waals surface area contributed by atoms with Gasteiger partial charge < -0.3 is 26.8 Å². The van der Waals surface area contributed by atoms with Crippen molar-refractivity contribution in [3.05, 3.63) is 78.4 Å². The normalized spacial score (nSPS) is 12.8. The van der Waals surface area contributed by atoms with Gasteiger partial charge in [0.25, 0.3) is 0 Å². The van der Waals surface area contributed by atoms with Gasteiger partial charge in [-0.2, -0.15) is 0 Å². The smallest absolute Gasteiger partial charge is 0.328 e. The van der Waals surface area contributed by atoms with Crippen molar-refractivity contribution in [1.82, 2.24) is 4.90 Å². The third-order valence-electron chi connectivity index (χ3n) is 5.94. The lowest BCUT2D eigenvalue weighted by Crippen LogP contribution is -2.54. The van der Waals surface area contributed by atoms with Gasteiger partial charge in [0, 0.05) is 18.8 Å². The highest BCUT2D eigenvalue weighted by molar-refractivity contribution is 5.88. The summed E-state index contributed by atoms with van der Waals surface area (Å²) in [5.74, 6) is -1.42. The molecule has 7 nitrogen and oxygen atoms in total. The van der Waals surface area contributed by atoms with E-state index in [0.717, 1.165) is 28.4 Å². The number of carbonyl (C=O) groups is 2. The van der Waals surface area contributed by atoms with Crippen molar-refractivity contribution < 1.29 is 14.7 Å². The zero-order valence-electron chi connectivity index (χ0n) is 19.4. The molecule has 3 aromatic rings. The average molecular weight is 463 g/mol. The molecule has 180 valence electrons. The third-order valence-corrected chi connectivity index (χ3v) is 5.94. The van der Waals surface area contributed by atoms with E-state index in [2.05, 4.69) is 5.32 Å². The molecule has 0 fully saturated rings. The molecule has 0 aromatic heterocycles. The van der Waals surface area contributed by atoms with Crippen LogP contribution >= 0.6 is 0 Å². The zero-order valence-corrected chi connectivity index (χ0v) is 19.4. The first-order chi connectivity index (χ1) is 16.5. The molecule has 0 heterocycles. The van der Waals surface area contributed by atoms with Crippen molar-refractivity contribution in [2.45, 2.75) is 37.8 Å². The van der Waals surface area contributed by atoms with E-state index in [4.69, 9.17) is 11.5 Å². The van der Waals surface area contributed by atoms with Gasteiger partial charge in [-0.1, -0.05) is 60.7 Å². The summed E-state index contributed by atoms with van der Waals surface area (Å²) in [6.45, 7) is 0.815. The Morgan fingerprint density at radius 3 is 2.35 bits per heavy atom. The van der Waals surface area contributed by atoms with Crippen molar-refractivity contribution in [3.63, 3.8) is 0 Å². The van der Waals surface area contributed by atoms with Crippen molar-refractivity contribution in [2.75, 3.05) is 25.0 Å². The number of benzene rings is 3. The molecule has 2 atom stereocenters. The van der Waals surface area contributed by atoms with Crippen LogP contribution in [0.1, 0.15) is 24.8 Å². The Balaban J connectivity index is 1.73. The van der Waals surface area contributed by atoms with Gasteiger partial charge in [-0.05, 0) is 60.7 Å². The van der Waals surface area contributed by atoms with E-state index < -0.39 is 18.1 Å². The van der Waals surface area contributed by atoms with E-state index >= 15 is 0 Å². The summed E-state index contributed by atoms with van der Waals surface area (Å²) in [7, 11) is 0. The van der Waals surface area contributed by atoms with Crippen LogP contribution in [-0.2, 0) is 16.0 Å². The second-order valence-electron chi connectivity index (χ2n) is 8.46. The predicted octanol–water partition coefficient (Wildman–Crippen LogP) is 3.23. The molecular formula is C27H34N4O3. The lowest BCUT2D eigenvalue weighted by molar-refractivity contribution is -0.150. The minimum atomic E-state index is -1.06. The number of carboxylic acid groups (broad SMARTS) is 1. The molecule has 0 radical (unpaired) electrons. The Morgan fingerprint density at radius 2 is 1.65 bits per heavy atom. The largest absolute Gasteiger partial charge is 0.480 e. The van der Waals surface area contributed by atoms with Gasteiger partial charge in [0.1, 0.15) is 6.04 Å². The molecule has 3 aromatic carbocycles. The van der Waals surface area contributed by atoms with Gasteiger partial charge in [-0.15, -0.1) is 0 Å². The van der Waals surface area contributed by atoms with E-state index in [9.17, 15) is 14.7 Å². The number of nitrogens with two attached hydrogens (primary N) is 2. The van der Waals surface area contributed by atoms with Crippen LogP contribution in [0.3, 0.4) is 0 Å². The molecule has 0 aliphatic heterocycles. The number of fused-ring (bicyclic) bond motifs is 1. The number of nitrogens with one attached hydrogen (secondary N) is 1. The first-order valence-corrected chi connectivity index (χ1v) is 11.7. The Labute approximate surface area is 200 Å². The number of aryl methyl sites for hydroxylation is 1. The summed E-state index contributed by atoms with van der Waals surface area (Å²) in [5.41, 5.74) is 13.6. The summed E-state index contributed by atoms with van der Waals surface area (Å²) in [5, 5.41) is 15.4. The maximum absolute atomic E-state index is 13.2. The minimum absolute atomic E-state index is 0.0777. The van der Waals surface area contributed by atoms with Gasteiger partial charge >= 0.3 is 5.97 Å². The molecule has 7 heteroatoms. The zero-order chi connectivity index (χ0) is 24.3. The number of carboxylic acids is 1. The Kier molecular flexibility index (Phi) is 9.43. The Hall–Kier alpha value is -3.42. The van der Waals surface area contributed by atoms with Gasteiger partial charge in [0.2, 0.25) is 5.91 Å². The second kappa shape index (κ2) is 12.7. The van der Waals surface area contributed by atoms with Crippen LogP contribution < -0.4 is 16.8 Å². The fraction of sp³-hybridized carbons (Fsp3) is 0.333. The van der Waals surface area contributed by atoms with Crippen LogP contribution in [0.15, 0.2) is 72.8 Å². The molecule has 3 rings (SSSR count). The van der Waals surface area contributed by atoms with Crippen LogP contribution in [0.25, 0.3) is 10.8 Å². The van der Waals surface area contributed by atoms with Crippen LogP contribution in [-0.4, -0.2) is 53.6 Å². The van der Waals surface area contributed by atoms with Crippen LogP contribution in [0.5, 0.6) is 0 Å². The van der Waals surface area contributed by atoms with E-state index in [1.54, 1.807) is 0 Å². The Bertz CT molecular complexity index is 1070. The standard InChI is InChI=1S/C27H34N4O3/c28-16-6-13-24(29)26(32)31(17-7-10-20-8-2-1-3-9-20)25(27(33)34)19-30-23-15-14-21-11-4-5-12-22(21)18-23/h1-5,8-9,11-12,14-15,18,24-25,30H,6-7,10,13,16-17,19,28-29H2,(H,33,34)/t24-,25-/m0/s1. The molecule has 0 unspecified atom stereocenters. The minimum Gasteiger partial charge on any atom is -0.480 e. The van der Waals surface area contributed by atoms with Gasteiger partial charge in [0.05, 0.1) is 6.04 Å². The van der Waals surface area contributed by atoms with Crippen LogP contribution in [0.2, 0.25) is 0 Å². The Morgan fingerprint density at radius 1 is 0.941 bits per heavy atom. The summed E-state index contributed by atoms with van der Waals surface area (Å²) in [6.07, 6.45) is 2.42. The van der Waals surface area contributed by atoms with E-state index in [0.29, 0.717) is 32.4 Å². The van der Waals surface area contributed by atoms with Crippen molar-refractivity contribution >= 4 is 28.3 Å². The predicted molar refractivity (Wildman–Crippen MR) is 137 cm³/mol. The van der Waals surface area contributed by atoms with Crippen molar-refractivity contribution in [2.24, 2.45) is 11.5 Å². The molecule has 0 saturated carbocycles. The third kappa shape index (κ3) is 7.04. The fourth-order valence-corrected chi connectivity index (χ4v) is 4.04. The van der Waals surface area contributed by atoms with Crippen LogP contribution in [0, 0.1) is 0 Å². The van der Waals surface area contributed by atoms with Gasteiger partial charge in [0.15, 0.2) is 0 Å². The average Bonchev–Trinajstić information content (AvgIpc) is 2.86. The molecule has 0 spiro atoms. The monoisotopic (exact) mass is 462 g/mol. The highest BCUT2D eigenvalue weighted by Gasteiger charge is 2.32. The maximum atomic E-state index is 13.2. The quantitative estimate of drug-likeness (QED) is 0.309. The maximum Gasteiger partial charge on any atom is 0.328 e. The SMILES string of the molecule is NCCC[C@H](N)C(=O)N(CCCc1ccccc1)[C@@H](CNc1ccc2ccccc2c1)C(=O)O. The van der Waals surface area contributed by atoms with Gasteiger partial charge in [-0.25, -0.2) is 4.79 Å². The highest BCUT2D eigenvalue weighted by atomic mass is 16.4. The number of aliphatic carboxylic acids is 1.